The number of anilines is 2. The SMILES string of the molecule is COc1ccc(O)c(C2C3=CCC4C(=O)N(c5cc([N+](=O)[O-])c(N(C)C)c([N+](=O)[O-])c5)C(=O)C4C3CC3C(=O)C(c4ccccc4)=CC(=O)C32c2ccccc2)c1. The number of fused-ring (bicyclic) bond motifs is 4. The average Bonchev–Trinajstić information content (AvgIpc) is 3.47. The number of aromatic hydroxyl groups is 1. The Kier molecular flexibility index (Phi) is 8.86. The van der Waals surface area contributed by atoms with Crippen LogP contribution in [0.1, 0.15) is 35.4 Å². The molecule has 0 bridgehead atoms. The smallest absolute Gasteiger partial charge is 0.301 e. The zero-order valence-electron chi connectivity index (χ0n) is 31.0. The lowest BCUT2D eigenvalue weighted by molar-refractivity contribution is -0.392. The van der Waals surface area contributed by atoms with Crippen molar-refractivity contribution in [3.8, 4) is 11.5 Å². The largest absolute Gasteiger partial charge is 0.508 e. The van der Waals surface area contributed by atoms with Gasteiger partial charge in [0.1, 0.15) is 11.5 Å². The number of rotatable bonds is 8. The summed E-state index contributed by atoms with van der Waals surface area (Å²) in [7, 11) is 4.28. The van der Waals surface area contributed by atoms with Crippen molar-refractivity contribution in [3.05, 3.63) is 146 Å². The number of allylic oxidation sites excluding steroid dienone is 4. The summed E-state index contributed by atoms with van der Waals surface area (Å²) in [5.41, 5.74) is -1.44. The topological polar surface area (TPSA) is 190 Å². The number of benzene rings is 4. The van der Waals surface area contributed by atoms with Crippen LogP contribution in [0.2, 0.25) is 0 Å². The van der Waals surface area contributed by atoms with Crippen molar-refractivity contribution in [1.29, 1.82) is 0 Å². The van der Waals surface area contributed by atoms with Crippen LogP contribution < -0.4 is 14.5 Å². The first kappa shape index (κ1) is 37.0. The first-order valence-electron chi connectivity index (χ1n) is 18.3. The Labute approximate surface area is 326 Å². The molecule has 288 valence electrons. The fraction of sp³-hybridized carbons (Fsp3) is 0.256. The fourth-order valence-corrected chi connectivity index (χ4v) is 9.82. The normalized spacial score (nSPS) is 25.2. The number of Topliss-reactive ketones (excluding diaryl/α,β-unsaturated/α-hetero) is 1. The molecule has 0 radical (unpaired) electrons. The van der Waals surface area contributed by atoms with E-state index in [1.807, 2.05) is 0 Å². The standard InChI is InChI=1S/C43H36N4O10/c1-44(2)39-33(46(53)54)18-25(19-34(39)47(55)56)45-41(51)28-16-15-27-30(37(28)42(45)52)21-32-40(50)29(23-10-6-4-7-11-23)22-36(49)43(32,24-12-8-5-9-13-24)38(27)31-20-26(57-3)14-17-35(31)48/h4-15,17-20,22,28,30,32,37-38,48H,16,21H2,1-3H3. The van der Waals surface area contributed by atoms with Gasteiger partial charge in [-0.05, 0) is 54.2 Å². The highest BCUT2D eigenvalue weighted by atomic mass is 16.6. The minimum Gasteiger partial charge on any atom is -0.508 e. The molecule has 4 aromatic carbocycles. The van der Waals surface area contributed by atoms with E-state index in [-0.39, 0.29) is 52.7 Å². The first-order chi connectivity index (χ1) is 27.3. The summed E-state index contributed by atoms with van der Waals surface area (Å²) in [4.78, 5) is 84.4. The maximum absolute atomic E-state index is 15.2. The van der Waals surface area contributed by atoms with Gasteiger partial charge in [0, 0.05) is 49.2 Å². The number of ketones is 2. The Hall–Kier alpha value is -6.96. The van der Waals surface area contributed by atoms with Crippen LogP contribution in [0.4, 0.5) is 22.7 Å². The van der Waals surface area contributed by atoms with Gasteiger partial charge in [0.25, 0.3) is 0 Å². The van der Waals surface area contributed by atoms with Gasteiger partial charge in [0.15, 0.2) is 17.3 Å². The summed E-state index contributed by atoms with van der Waals surface area (Å²) in [6.45, 7) is 0. The van der Waals surface area contributed by atoms with Crippen LogP contribution in [-0.4, -0.2) is 59.5 Å². The number of nitrogens with zero attached hydrogens (tertiary/aromatic N) is 4. The molecule has 14 nitrogen and oxygen atoms in total. The van der Waals surface area contributed by atoms with E-state index >= 15 is 9.59 Å². The minimum atomic E-state index is -1.61. The highest BCUT2D eigenvalue weighted by Gasteiger charge is 2.66. The second-order valence-corrected chi connectivity index (χ2v) is 15.0. The molecular formula is C43H36N4O10. The number of carbonyl (C=O) groups excluding carboxylic acids is 4. The number of nitro benzene ring substituents is 2. The predicted octanol–water partition coefficient (Wildman–Crippen LogP) is 6.31. The molecule has 2 amide bonds. The summed E-state index contributed by atoms with van der Waals surface area (Å²) >= 11 is 0. The Balaban J connectivity index is 1.35. The van der Waals surface area contributed by atoms with E-state index < -0.39 is 68.0 Å². The molecule has 14 heteroatoms. The second-order valence-electron chi connectivity index (χ2n) is 15.0. The monoisotopic (exact) mass is 768 g/mol. The number of amides is 2. The lowest BCUT2D eigenvalue weighted by Crippen LogP contribution is -2.58. The Morgan fingerprint density at radius 2 is 1.47 bits per heavy atom. The van der Waals surface area contributed by atoms with Crippen molar-refractivity contribution >= 4 is 51.7 Å². The lowest BCUT2D eigenvalue weighted by Gasteiger charge is -2.55. The number of nitro groups is 2. The molecule has 57 heavy (non-hydrogen) atoms. The molecule has 1 N–H and O–H groups in total. The second kappa shape index (κ2) is 13.7. The summed E-state index contributed by atoms with van der Waals surface area (Å²) in [5.74, 6) is -7.01. The predicted molar refractivity (Wildman–Crippen MR) is 208 cm³/mol. The number of imide groups is 1. The van der Waals surface area contributed by atoms with Gasteiger partial charge < -0.3 is 14.7 Å². The highest BCUT2D eigenvalue weighted by molar-refractivity contribution is 6.32. The molecule has 8 rings (SSSR count). The Morgan fingerprint density at radius 3 is 2.07 bits per heavy atom. The third-order valence-electron chi connectivity index (χ3n) is 12.1. The first-order valence-corrected chi connectivity index (χ1v) is 18.3. The third-order valence-corrected chi connectivity index (χ3v) is 12.1. The van der Waals surface area contributed by atoms with Crippen molar-refractivity contribution in [3.63, 3.8) is 0 Å². The minimum absolute atomic E-state index is 0.0154. The number of phenols is 1. The quantitative estimate of drug-likeness (QED) is 0.0915. The molecule has 1 saturated carbocycles. The van der Waals surface area contributed by atoms with Crippen LogP contribution in [0.5, 0.6) is 11.5 Å². The van der Waals surface area contributed by atoms with E-state index in [9.17, 15) is 34.9 Å². The van der Waals surface area contributed by atoms with Crippen molar-refractivity contribution in [1.82, 2.24) is 0 Å². The van der Waals surface area contributed by atoms with Crippen LogP contribution >= 0.6 is 0 Å². The summed E-state index contributed by atoms with van der Waals surface area (Å²) in [6, 6.07) is 24.3. The molecule has 0 aromatic heterocycles. The van der Waals surface area contributed by atoms with Crippen molar-refractivity contribution < 1.29 is 38.9 Å². The maximum Gasteiger partial charge on any atom is 0.301 e. The molecule has 1 saturated heterocycles. The lowest BCUT2D eigenvalue weighted by atomic mass is 9.44. The van der Waals surface area contributed by atoms with Gasteiger partial charge in [0.2, 0.25) is 11.8 Å². The van der Waals surface area contributed by atoms with Gasteiger partial charge in [-0.1, -0.05) is 72.3 Å². The number of hydrogen-bond acceptors (Lipinski definition) is 11. The molecule has 4 aliphatic rings. The van der Waals surface area contributed by atoms with Crippen LogP contribution in [0.25, 0.3) is 5.57 Å². The fourth-order valence-electron chi connectivity index (χ4n) is 9.82. The summed E-state index contributed by atoms with van der Waals surface area (Å²) in [5, 5.41) is 36.1. The van der Waals surface area contributed by atoms with E-state index in [1.54, 1.807) is 78.9 Å². The van der Waals surface area contributed by atoms with Gasteiger partial charge in [-0.15, -0.1) is 0 Å². The molecule has 6 atom stereocenters. The van der Waals surface area contributed by atoms with E-state index in [0.29, 0.717) is 22.4 Å². The van der Waals surface area contributed by atoms with Crippen LogP contribution in [0, 0.1) is 43.9 Å². The van der Waals surface area contributed by atoms with E-state index in [1.165, 1.54) is 38.2 Å². The number of ether oxygens (including phenoxy) is 1. The van der Waals surface area contributed by atoms with Gasteiger partial charge in [-0.3, -0.25) is 39.4 Å². The van der Waals surface area contributed by atoms with E-state index in [2.05, 4.69) is 0 Å². The summed E-state index contributed by atoms with van der Waals surface area (Å²) in [6.07, 6.45) is 3.16. The van der Waals surface area contributed by atoms with Crippen LogP contribution in [0.3, 0.4) is 0 Å². The molecule has 1 aliphatic heterocycles. The summed E-state index contributed by atoms with van der Waals surface area (Å²) < 4.78 is 5.58. The third kappa shape index (κ3) is 5.46. The number of carbonyl (C=O) groups is 4. The van der Waals surface area contributed by atoms with Crippen molar-refractivity contribution in [2.75, 3.05) is 31.0 Å². The van der Waals surface area contributed by atoms with Crippen molar-refractivity contribution in [2.45, 2.75) is 24.2 Å². The molecule has 3 aliphatic carbocycles. The number of methoxy groups -OCH3 is 1. The maximum atomic E-state index is 15.2. The Bertz CT molecular complexity index is 2440. The van der Waals surface area contributed by atoms with E-state index in [4.69, 9.17) is 4.74 Å². The number of phenolic OH excluding ortho intramolecular Hbond substituents is 1. The van der Waals surface area contributed by atoms with Gasteiger partial charge in [-0.25, -0.2) is 4.90 Å². The molecule has 2 fully saturated rings. The molecule has 0 spiro atoms. The van der Waals surface area contributed by atoms with Crippen LogP contribution in [-0.2, 0) is 24.6 Å². The van der Waals surface area contributed by atoms with Crippen LogP contribution in [0.15, 0.2) is 109 Å². The van der Waals surface area contributed by atoms with Gasteiger partial charge in [0.05, 0.1) is 39.9 Å². The average molecular weight is 769 g/mol. The molecule has 6 unspecified atom stereocenters. The zero-order chi connectivity index (χ0) is 40.5. The van der Waals surface area contributed by atoms with Gasteiger partial charge >= 0.3 is 11.4 Å². The number of hydrogen-bond donors (Lipinski definition) is 1. The zero-order valence-corrected chi connectivity index (χ0v) is 31.0. The highest BCUT2D eigenvalue weighted by Crippen LogP contribution is 2.65. The Morgan fingerprint density at radius 1 is 0.842 bits per heavy atom. The van der Waals surface area contributed by atoms with Crippen molar-refractivity contribution in [2.24, 2.45) is 23.7 Å². The van der Waals surface area contributed by atoms with Gasteiger partial charge in [-0.2, -0.15) is 0 Å². The van der Waals surface area contributed by atoms with E-state index in [0.717, 1.165) is 17.0 Å². The molecular weight excluding hydrogens is 732 g/mol. The molecule has 1 heterocycles. The molecule has 4 aromatic rings.